The van der Waals surface area contributed by atoms with Crippen molar-refractivity contribution in [3.05, 3.63) is 25.0 Å². The number of carbonyl (C=O) groups excluding carboxylic acids is 1. The van der Waals surface area contributed by atoms with E-state index in [9.17, 15) is 9.59 Å². The Morgan fingerprint density at radius 3 is 3.00 bits per heavy atom. The van der Waals surface area contributed by atoms with E-state index in [4.69, 9.17) is 5.11 Å². The largest absolute Gasteiger partial charge is 0.480 e. The van der Waals surface area contributed by atoms with Gasteiger partial charge in [0.1, 0.15) is 6.54 Å². The van der Waals surface area contributed by atoms with Gasteiger partial charge in [0.05, 0.1) is 11.9 Å². The van der Waals surface area contributed by atoms with Gasteiger partial charge in [-0.15, -0.1) is 6.58 Å². The van der Waals surface area contributed by atoms with Crippen LogP contribution < -0.4 is 10.6 Å². The summed E-state index contributed by atoms with van der Waals surface area (Å²) in [5.41, 5.74) is 0.447. The second-order valence-electron chi connectivity index (χ2n) is 3.28. The monoisotopic (exact) mass is 238 g/mol. The number of anilines is 1. The Morgan fingerprint density at radius 2 is 2.35 bits per heavy atom. The first-order valence-corrected chi connectivity index (χ1v) is 5.02. The number of urea groups is 1. The highest BCUT2D eigenvalue weighted by Crippen LogP contribution is 2.04. The molecule has 0 spiro atoms. The molecule has 0 aliphatic carbocycles. The number of aliphatic carboxylic acids is 1. The molecule has 0 saturated heterocycles. The zero-order chi connectivity index (χ0) is 12.7. The van der Waals surface area contributed by atoms with E-state index in [1.54, 1.807) is 6.08 Å². The normalized spacial score (nSPS) is 9.65. The maximum atomic E-state index is 11.3. The van der Waals surface area contributed by atoms with Gasteiger partial charge in [0, 0.05) is 12.7 Å². The molecule has 0 bridgehead atoms. The minimum atomic E-state index is -0.991. The lowest BCUT2D eigenvalue weighted by Gasteiger charge is -2.03. The van der Waals surface area contributed by atoms with Gasteiger partial charge >= 0.3 is 12.0 Å². The molecule has 7 heteroatoms. The lowest BCUT2D eigenvalue weighted by Crippen LogP contribution is -2.29. The first-order valence-electron chi connectivity index (χ1n) is 5.02. The van der Waals surface area contributed by atoms with Crippen molar-refractivity contribution in [1.29, 1.82) is 0 Å². The number of rotatable bonds is 6. The molecule has 0 aromatic carbocycles. The van der Waals surface area contributed by atoms with Gasteiger partial charge in [0.2, 0.25) is 0 Å². The predicted octanol–water partition coefficient (Wildman–Crippen LogP) is 0.665. The highest BCUT2D eigenvalue weighted by atomic mass is 16.4. The summed E-state index contributed by atoms with van der Waals surface area (Å²) in [5, 5.41) is 17.5. The summed E-state index contributed by atoms with van der Waals surface area (Å²) in [4.78, 5) is 21.7. The number of nitrogens with zero attached hydrogens (tertiary/aromatic N) is 2. The van der Waals surface area contributed by atoms with E-state index in [0.29, 0.717) is 18.7 Å². The molecule has 0 radical (unpaired) electrons. The summed E-state index contributed by atoms with van der Waals surface area (Å²) in [5.74, 6) is -0.991. The molecule has 1 aromatic rings. The van der Waals surface area contributed by atoms with Gasteiger partial charge in [-0.05, 0) is 6.42 Å². The van der Waals surface area contributed by atoms with E-state index in [1.807, 2.05) is 0 Å². The Bertz CT molecular complexity index is 413. The Kier molecular flexibility index (Phi) is 4.74. The summed E-state index contributed by atoms with van der Waals surface area (Å²) >= 11 is 0. The van der Waals surface area contributed by atoms with Gasteiger partial charge in [0.15, 0.2) is 0 Å². The predicted molar refractivity (Wildman–Crippen MR) is 61.7 cm³/mol. The molecule has 0 saturated carbocycles. The molecule has 1 heterocycles. The molecule has 1 rings (SSSR count). The summed E-state index contributed by atoms with van der Waals surface area (Å²) in [6.45, 7) is 3.79. The number of hydrogen-bond donors (Lipinski definition) is 3. The quantitative estimate of drug-likeness (QED) is 0.501. The number of carboxylic acids is 1. The number of nitrogens with one attached hydrogen (secondary N) is 2. The highest BCUT2D eigenvalue weighted by Gasteiger charge is 2.05. The van der Waals surface area contributed by atoms with Crippen LogP contribution in [0.25, 0.3) is 0 Å². The molecule has 3 N–H and O–H groups in total. The van der Waals surface area contributed by atoms with Gasteiger partial charge in [0.25, 0.3) is 0 Å². The summed E-state index contributed by atoms with van der Waals surface area (Å²) in [7, 11) is 0. The van der Waals surface area contributed by atoms with Crippen molar-refractivity contribution in [2.24, 2.45) is 0 Å². The van der Waals surface area contributed by atoms with Crippen molar-refractivity contribution in [3.8, 4) is 0 Å². The topological polar surface area (TPSA) is 96.3 Å². The number of hydrogen-bond acceptors (Lipinski definition) is 3. The summed E-state index contributed by atoms with van der Waals surface area (Å²) in [6, 6.07) is -0.360. The Balaban J connectivity index is 2.40. The third-order valence-corrected chi connectivity index (χ3v) is 1.82. The molecular formula is C10H14N4O3. The molecule has 0 atom stereocenters. The Morgan fingerprint density at radius 1 is 1.59 bits per heavy atom. The van der Waals surface area contributed by atoms with Crippen molar-refractivity contribution in [2.75, 3.05) is 11.9 Å². The van der Waals surface area contributed by atoms with Crippen LogP contribution in [0.4, 0.5) is 10.5 Å². The maximum Gasteiger partial charge on any atom is 0.325 e. The third kappa shape index (κ3) is 4.83. The van der Waals surface area contributed by atoms with E-state index >= 15 is 0 Å². The number of carbonyl (C=O) groups is 2. The number of aromatic nitrogens is 2. The number of amides is 2. The summed E-state index contributed by atoms with van der Waals surface area (Å²) in [6.07, 6.45) is 5.22. The fourth-order valence-electron chi connectivity index (χ4n) is 1.12. The molecule has 92 valence electrons. The molecule has 7 nitrogen and oxygen atoms in total. The van der Waals surface area contributed by atoms with E-state index in [1.165, 1.54) is 17.1 Å². The molecule has 0 fully saturated rings. The van der Waals surface area contributed by atoms with Gasteiger partial charge in [-0.1, -0.05) is 6.08 Å². The minimum Gasteiger partial charge on any atom is -0.480 e. The van der Waals surface area contributed by atoms with Crippen LogP contribution in [0.2, 0.25) is 0 Å². The molecule has 1 aromatic heterocycles. The maximum absolute atomic E-state index is 11.3. The van der Waals surface area contributed by atoms with Crippen LogP contribution in [0.5, 0.6) is 0 Å². The Labute approximate surface area is 98.1 Å². The van der Waals surface area contributed by atoms with E-state index in [-0.39, 0.29) is 12.6 Å². The molecule has 17 heavy (non-hydrogen) atoms. The van der Waals surface area contributed by atoms with Crippen molar-refractivity contribution in [3.63, 3.8) is 0 Å². The van der Waals surface area contributed by atoms with Crippen LogP contribution in [0.1, 0.15) is 6.42 Å². The van der Waals surface area contributed by atoms with Crippen molar-refractivity contribution >= 4 is 17.7 Å². The minimum absolute atomic E-state index is 0.236. The Hall–Kier alpha value is -2.31. The van der Waals surface area contributed by atoms with Crippen LogP contribution in [-0.4, -0.2) is 33.4 Å². The van der Waals surface area contributed by atoms with Gasteiger partial charge < -0.3 is 15.7 Å². The van der Waals surface area contributed by atoms with Gasteiger partial charge in [-0.25, -0.2) is 4.79 Å². The standard InChI is InChI=1S/C10H14N4O3/c1-2-3-4-11-10(17)13-8-5-12-14(6-8)7-9(15)16/h2,5-6H,1,3-4,7H2,(H,15,16)(H2,11,13,17). The lowest BCUT2D eigenvalue weighted by atomic mass is 10.4. The molecule has 0 aliphatic heterocycles. The highest BCUT2D eigenvalue weighted by molar-refractivity contribution is 5.88. The van der Waals surface area contributed by atoms with Crippen LogP contribution in [0.3, 0.4) is 0 Å². The fourth-order valence-corrected chi connectivity index (χ4v) is 1.12. The second-order valence-corrected chi connectivity index (χ2v) is 3.28. The van der Waals surface area contributed by atoms with Crippen molar-refractivity contribution in [1.82, 2.24) is 15.1 Å². The first-order chi connectivity index (χ1) is 8.11. The van der Waals surface area contributed by atoms with E-state index in [2.05, 4.69) is 22.3 Å². The van der Waals surface area contributed by atoms with Crippen molar-refractivity contribution < 1.29 is 14.7 Å². The van der Waals surface area contributed by atoms with E-state index < -0.39 is 5.97 Å². The first kappa shape index (κ1) is 12.8. The molecule has 0 unspecified atom stereocenters. The van der Waals surface area contributed by atoms with Crippen LogP contribution in [0.15, 0.2) is 25.0 Å². The second kappa shape index (κ2) is 6.31. The molecular weight excluding hydrogens is 224 g/mol. The third-order valence-electron chi connectivity index (χ3n) is 1.82. The SMILES string of the molecule is C=CCCNC(=O)Nc1cnn(CC(=O)O)c1. The van der Waals surface area contributed by atoms with Gasteiger partial charge in [-0.2, -0.15) is 5.10 Å². The van der Waals surface area contributed by atoms with E-state index in [0.717, 1.165) is 0 Å². The van der Waals surface area contributed by atoms with Gasteiger partial charge in [-0.3, -0.25) is 9.48 Å². The smallest absolute Gasteiger partial charge is 0.325 e. The fraction of sp³-hybridized carbons (Fsp3) is 0.300. The number of carboxylic acid groups (broad SMARTS) is 1. The summed E-state index contributed by atoms with van der Waals surface area (Å²) < 4.78 is 1.22. The molecule has 0 aliphatic rings. The van der Waals surface area contributed by atoms with Crippen molar-refractivity contribution in [2.45, 2.75) is 13.0 Å². The van der Waals surface area contributed by atoms with Crippen LogP contribution >= 0.6 is 0 Å². The molecule has 2 amide bonds. The zero-order valence-electron chi connectivity index (χ0n) is 9.22. The van der Waals surface area contributed by atoms with Crippen LogP contribution in [-0.2, 0) is 11.3 Å². The van der Waals surface area contributed by atoms with Crippen LogP contribution in [0, 0.1) is 0 Å². The zero-order valence-corrected chi connectivity index (χ0v) is 9.22. The average Bonchev–Trinajstić information content (AvgIpc) is 2.64. The lowest BCUT2D eigenvalue weighted by molar-refractivity contribution is -0.137. The average molecular weight is 238 g/mol.